The monoisotopic (exact) mass is 431 g/mol. The molecule has 166 valence electrons. The summed E-state index contributed by atoms with van der Waals surface area (Å²) < 4.78 is 27.1. The Morgan fingerprint density at radius 2 is 1.77 bits per heavy atom. The number of aliphatic hydroxyl groups is 4. The molecule has 0 radical (unpaired) electrons. The highest BCUT2D eigenvalue weighted by Crippen LogP contribution is 2.37. The maximum atomic E-state index is 14.0. The fraction of sp³-hybridized carbons (Fsp3) is 0.391. The minimum absolute atomic E-state index is 0.404. The van der Waals surface area contributed by atoms with Gasteiger partial charge in [0.05, 0.1) is 18.7 Å². The number of ether oxygens (including phenoxy) is 2. The van der Waals surface area contributed by atoms with Crippen LogP contribution in [0.2, 0.25) is 0 Å². The van der Waals surface area contributed by atoms with Crippen LogP contribution in [0, 0.1) is 5.82 Å². The molecule has 0 saturated carbocycles. The number of fused-ring (bicyclic) bond motifs is 1. The van der Waals surface area contributed by atoms with E-state index in [0.29, 0.717) is 29.6 Å². The van der Waals surface area contributed by atoms with E-state index >= 15 is 0 Å². The zero-order valence-corrected chi connectivity index (χ0v) is 17.1. The van der Waals surface area contributed by atoms with Gasteiger partial charge in [-0.15, -0.1) is 0 Å². The summed E-state index contributed by atoms with van der Waals surface area (Å²) in [5.74, 6) is 0.357. The van der Waals surface area contributed by atoms with Crippen molar-refractivity contribution in [2.24, 2.45) is 0 Å². The number of hydrogen-bond acceptors (Lipinski definition) is 6. The number of aliphatic hydroxyl groups excluding tert-OH is 4. The van der Waals surface area contributed by atoms with Gasteiger partial charge in [-0.2, -0.15) is 0 Å². The Bertz CT molecular complexity index is 1030. The van der Waals surface area contributed by atoms with Crippen LogP contribution in [0.3, 0.4) is 0 Å². The molecule has 8 heteroatoms. The number of rotatable bonds is 6. The van der Waals surface area contributed by atoms with Crippen LogP contribution in [-0.2, 0) is 11.3 Å². The molecule has 31 heavy (non-hydrogen) atoms. The number of benzene rings is 2. The predicted molar refractivity (Wildman–Crippen MR) is 111 cm³/mol. The fourth-order valence-corrected chi connectivity index (χ4v) is 4.06. The van der Waals surface area contributed by atoms with Gasteiger partial charge in [0.2, 0.25) is 0 Å². The second-order valence-corrected chi connectivity index (χ2v) is 7.70. The van der Waals surface area contributed by atoms with Gasteiger partial charge in [0.1, 0.15) is 42.1 Å². The number of hydrogen-bond donors (Lipinski definition) is 4. The van der Waals surface area contributed by atoms with Crippen LogP contribution in [0.5, 0.6) is 5.75 Å². The largest absolute Gasteiger partial charge is 0.494 e. The molecule has 4 N–H and O–H groups in total. The number of halogens is 1. The summed E-state index contributed by atoms with van der Waals surface area (Å²) in [5, 5.41) is 41.0. The first-order chi connectivity index (χ1) is 14.9. The molecule has 0 amide bonds. The van der Waals surface area contributed by atoms with Gasteiger partial charge in [-0.25, -0.2) is 4.39 Å². The summed E-state index contributed by atoms with van der Waals surface area (Å²) in [6, 6.07) is 11.9. The highest BCUT2D eigenvalue weighted by Gasteiger charge is 2.44. The highest BCUT2D eigenvalue weighted by molar-refractivity contribution is 5.84. The Morgan fingerprint density at radius 1 is 1.03 bits per heavy atom. The van der Waals surface area contributed by atoms with Crippen LogP contribution in [-0.4, -0.2) is 62.6 Å². The average molecular weight is 431 g/mol. The third-order valence-corrected chi connectivity index (χ3v) is 5.66. The van der Waals surface area contributed by atoms with E-state index in [2.05, 4.69) is 0 Å². The lowest BCUT2D eigenvalue weighted by atomic mass is 9.91. The molecule has 0 unspecified atom stereocenters. The maximum absolute atomic E-state index is 14.0. The van der Waals surface area contributed by atoms with Crippen molar-refractivity contribution in [3.63, 3.8) is 0 Å². The Kier molecular flexibility index (Phi) is 6.27. The van der Waals surface area contributed by atoms with E-state index in [1.54, 1.807) is 12.3 Å². The molecule has 2 aromatic carbocycles. The van der Waals surface area contributed by atoms with Crippen molar-refractivity contribution < 1.29 is 34.3 Å². The lowest BCUT2D eigenvalue weighted by molar-refractivity contribution is -0.231. The molecule has 1 aliphatic heterocycles. The number of nitrogens with zero attached hydrogens (tertiary/aromatic N) is 1. The molecule has 2 heterocycles. The summed E-state index contributed by atoms with van der Waals surface area (Å²) in [6.45, 7) is 2.41. The van der Waals surface area contributed by atoms with Gasteiger partial charge in [-0.1, -0.05) is 12.1 Å². The quantitative estimate of drug-likeness (QED) is 0.474. The second-order valence-electron chi connectivity index (χ2n) is 7.70. The van der Waals surface area contributed by atoms with E-state index in [-0.39, 0.29) is 0 Å². The first kappa shape index (κ1) is 21.7. The maximum Gasteiger partial charge on any atom is 0.125 e. The zero-order valence-electron chi connectivity index (χ0n) is 17.1. The summed E-state index contributed by atoms with van der Waals surface area (Å²) in [6.07, 6.45) is -4.61. The van der Waals surface area contributed by atoms with E-state index in [0.717, 1.165) is 11.3 Å². The smallest absolute Gasteiger partial charge is 0.125 e. The van der Waals surface area contributed by atoms with E-state index in [1.165, 1.54) is 12.1 Å². The molecule has 0 bridgehead atoms. The number of aromatic nitrogens is 1. The van der Waals surface area contributed by atoms with Gasteiger partial charge in [0.25, 0.3) is 0 Å². The van der Waals surface area contributed by atoms with Crippen molar-refractivity contribution in [2.45, 2.75) is 44.0 Å². The minimum Gasteiger partial charge on any atom is -0.494 e. The van der Waals surface area contributed by atoms with Crippen LogP contribution in [0.4, 0.5) is 4.39 Å². The van der Waals surface area contributed by atoms with Gasteiger partial charge in [-0.3, -0.25) is 0 Å². The normalized spacial score (nSPS) is 26.3. The van der Waals surface area contributed by atoms with Gasteiger partial charge in [-0.05, 0) is 42.8 Å². The van der Waals surface area contributed by atoms with E-state index in [9.17, 15) is 24.8 Å². The Labute approximate surface area is 178 Å². The van der Waals surface area contributed by atoms with Crippen LogP contribution in [0.25, 0.3) is 10.9 Å². The molecule has 3 aromatic rings. The Balaban J connectivity index is 1.72. The SMILES string of the molecule is CCOc1ccc(Cn2cc([C@@H]3O[C@H](CO)[C@@H](O)[C@H](O)[C@H]3O)c3ccc(F)cc32)cc1. The summed E-state index contributed by atoms with van der Waals surface area (Å²) in [4.78, 5) is 0. The lowest BCUT2D eigenvalue weighted by Gasteiger charge is -2.40. The Hall–Kier alpha value is -2.49. The molecule has 7 nitrogen and oxygen atoms in total. The lowest BCUT2D eigenvalue weighted by Crippen LogP contribution is -2.55. The Morgan fingerprint density at radius 3 is 2.45 bits per heavy atom. The van der Waals surface area contributed by atoms with E-state index < -0.39 is 42.9 Å². The molecular weight excluding hydrogens is 405 g/mol. The predicted octanol–water partition coefficient (Wildman–Crippen LogP) is 1.74. The molecular formula is C23H26FNO6. The van der Waals surface area contributed by atoms with Gasteiger partial charge in [0.15, 0.2) is 0 Å². The second kappa shape index (κ2) is 8.94. The first-order valence-electron chi connectivity index (χ1n) is 10.2. The van der Waals surface area contributed by atoms with Crippen molar-refractivity contribution in [3.05, 3.63) is 65.6 Å². The fourth-order valence-electron chi connectivity index (χ4n) is 4.06. The van der Waals surface area contributed by atoms with E-state index in [1.807, 2.05) is 35.8 Å². The highest BCUT2D eigenvalue weighted by atomic mass is 19.1. The van der Waals surface area contributed by atoms with Gasteiger partial charge < -0.3 is 34.5 Å². The average Bonchev–Trinajstić information content (AvgIpc) is 3.11. The summed E-state index contributed by atoms with van der Waals surface area (Å²) in [7, 11) is 0. The standard InChI is InChI=1S/C23H26FNO6/c1-2-30-15-6-3-13(4-7-15)10-25-11-17(16-8-5-14(24)9-18(16)25)23-22(29)21(28)20(27)19(12-26)31-23/h3-9,11,19-23,26-29H,2,10,12H2,1H3/t19-,20-,21+,22-,23+/m1/s1. The molecule has 1 aromatic heterocycles. The summed E-state index contributed by atoms with van der Waals surface area (Å²) in [5.41, 5.74) is 2.10. The van der Waals surface area contributed by atoms with Crippen molar-refractivity contribution in [1.82, 2.24) is 4.57 Å². The van der Waals surface area contributed by atoms with Crippen molar-refractivity contribution in [3.8, 4) is 5.75 Å². The van der Waals surface area contributed by atoms with Gasteiger partial charge >= 0.3 is 0 Å². The van der Waals surface area contributed by atoms with Crippen molar-refractivity contribution >= 4 is 10.9 Å². The summed E-state index contributed by atoms with van der Waals surface area (Å²) >= 11 is 0. The molecule has 1 saturated heterocycles. The van der Waals surface area contributed by atoms with E-state index in [4.69, 9.17) is 9.47 Å². The van der Waals surface area contributed by atoms with Crippen molar-refractivity contribution in [2.75, 3.05) is 13.2 Å². The molecule has 5 atom stereocenters. The van der Waals surface area contributed by atoms with Crippen molar-refractivity contribution in [1.29, 1.82) is 0 Å². The molecule has 1 aliphatic rings. The molecule has 0 spiro atoms. The van der Waals surface area contributed by atoms with Crippen LogP contribution >= 0.6 is 0 Å². The third-order valence-electron chi connectivity index (χ3n) is 5.66. The first-order valence-corrected chi connectivity index (χ1v) is 10.2. The zero-order chi connectivity index (χ0) is 22.1. The van der Waals surface area contributed by atoms with Crippen LogP contribution in [0.1, 0.15) is 24.2 Å². The van der Waals surface area contributed by atoms with Gasteiger partial charge in [0, 0.05) is 23.7 Å². The minimum atomic E-state index is -1.49. The topological polar surface area (TPSA) is 104 Å². The van der Waals surface area contributed by atoms with Crippen LogP contribution in [0.15, 0.2) is 48.7 Å². The third kappa shape index (κ3) is 4.17. The molecule has 4 rings (SSSR count). The molecule has 1 fully saturated rings. The van der Waals surface area contributed by atoms with Crippen LogP contribution < -0.4 is 4.74 Å². The molecule has 0 aliphatic carbocycles.